The maximum absolute atomic E-state index is 5.45. The molecule has 0 saturated carbocycles. The lowest BCUT2D eigenvalue weighted by Gasteiger charge is -2.13. The maximum atomic E-state index is 5.45. The van der Waals surface area contributed by atoms with Crippen molar-refractivity contribution >= 4 is 54.4 Å². The first-order valence-electron chi connectivity index (χ1n) is 16.1. The van der Waals surface area contributed by atoms with Crippen LogP contribution in [0.4, 0.5) is 0 Å². The predicted octanol–water partition coefficient (Wildman–Crippen LogP) is 10.6. The normalized spacial score (nSPS) is 11.8. The summed E-state index contributed by atoms with van der Waals surface area (Å²) in [5.41, 5.74) is 8.62. The number of hydrogen-bond donors (Lipinski definition) is 0. The van der Waals surface area contributed by atoms with E-state index < -0.39 is 0 Å². The number of fused-ring (bicyclic) bond motifs is 9. The highest BCUT2D eigenvalue weighted by Crippen LogP contribution is 2.40. The van der Waals surface area contributed by atoms with E-state index in [4.69, 9.17) is 4.98 Å². The van der Waals surface area contributed by atoms with E-state index in [1.54, 1.807) is 12.4 Å². The van der Waals surface area contributed by atoms with Crippen molar-refractivity contribution in [2.45, 2.75) is 0 Å². The van der Waals surface area contributed by atoms with Crippen LogP contribution in [-0.2, 0) is 0 Å². The molecule has 5 heteroatoms. The number of rotatable bonds is 4. The van der Waals surface area contributed by atoms with Gasteiger partial charge in [0.15, 0.2) is 0 Å². The highest BCUT2D eigenvalue weighted by atomic mass is 15.1. The van der Waals surface area contributed by atoms with Crippen molar-refractivity contribution in [1.29, 1.82) is 0 Å². The summed E-state index contributed by atoms with van der Waals surface area (Å²) in [6.07, 6.45) is 3.59. The van der Waals surface area contributed by atoms with Gasteiger partial charge < -0.3 is 0 Å². The molecule has 10 aromatic rings. The van der Waals surface area contributed by atoms with Gasteiger partial charge in [0.05, 0.1) is 22.1 Å². The van der Waals surface area contributed by atoms with Crippen LogP contribution in [0.3, 0.4) is 0 Å². The van der Waals surface area contributed by atoms with E-state index in [-0.39, 0.29) is 0 Å². The van der Waals surface area contributed by atoms with Crippen LogP contribution in [0, 0.1) is 0 Å². The van der Waals surface area contributed by atoms with Gasteiger partial charge in [0.2, 0.25) is 5.95 Å². The molecule has 0 unspecified atom stereocenters. The molecule has 3 aromatic heterocycles. The molecule has 0 spiro atoms. The Morgan fingerprint density at radius 3 is 1.83 bits per heavy atom. The summed E-state index contributed by atoms with van der Waals surface area (Å²) in [5, 5.41) is 7.12. The molecule has 10 rings (SSSR count). The van der Waals surface area contributed by atoms with Crippen LogP contribution >= 0.6 is 0 Å². The minimum Gasteiger partial charge on any atom is -0.292 e. The Morgan fingerprint density at radius 2 is 1.02 bits per heavy atom. The lowest BCUT2D eigenvalue weighted by atomic mass is 10.00. The fourth-order valence-electron chi connectivity index (χ4n) is 7.34. The smallest absolute Gasteiger partial charge is 0.234 e. The molecule has 0 aliphatic heterocycles. The van der Waals surface area contributed by atoms with E-state index in [1.165, 1.54) is 26.9 Å². The minimum atomic E-state index is 0.658. The second kappa shape index (κ2) is 10.5. The maximum Gasteiger partial charge on any atom is 0.234 e. The third-order valence-corrected chi connectivity index (χ3v) is 9.43. The SMILES string of the molecule is c1ccc(-n2c(-c3cccc(-c4ccc5c6ccccc6n(-c6ncccn6)c5c4)c3)nc3c4ccccc4c4ccccc4c32)cc1. The van der Waals surface area contributed by atoms with Crippen molar-refractivity contribution in [1.82, 2.24) is 24.1 Å². The molecule has 48 heavy (non-hydrogen) atoms. The van der Waals surface area contributed by atoms with E-state index in [0.717, 1.165) is 55.7 Å². The molecule has 0 amide bonds. The summed E-state index contributed by atoms with van der Waals surface area (Å²) in [7, 11) is 0. The number of para-hydroxylation sites is 2. The second-order valence-electron chi connectivity index (χ2n) is 12.1. The third kappa shape index (κ3) is 3.94. The molecule has 0 radical (unpaired) electrons. The van der Waals surface area contributed by atoms with E-state index in [0.29, 0.717) is 5.95 Å². The number of nitrogens with zero attached hydrogens (tertiary/aromatic N) is 5. The fraction of sp³-hybridized carbons (Fsp3) is 0. The highest BCUT2D eigenvalue weighted by Gasteiger charge is 2.21. The van der Waals surface area contributed by atoms with E-state index >= 15 is 0 Å². The van der Waals surface area contributed by atoms with Crippen molar-refractivity contribution in [2.75, 3.05) is 0 Å². The summed E-state index contributed by atoms with van der Waals surface area (Å²) < 4.78 is 4.49. The van der Waals surface area contributed by atoms with Crippen LogP contribution in [-0.4, -0.2) is 24.1 Å². The molecule has 0 N–H and O–H groups in total. The Hall–Kier alpha value is -6.59. The van der Waals surface area contributed by atoms with Crippen molar-refractivity contribution in [3.8, 4) is 34.2 Å². The molecule has 0 bridgehead atoms. The van der Waals surface area contributed by atoms with Crippen LogP contribution in [0.15, 0.2) is 164 Å². The Morgan fingerprint density at radius 1 is 0.396 bits per heavy atom. The Balaban J connectivity index is 1.23. The first-order chi connectivity index (χ1) is 23.8. The van der Waals surface area contributed by atoms with Crippen molar-refractivity contribution in [3.63, 3.8) is 0 Å². The van der Waals surface area contributed by atoms with E-state index in [9.17, 15) is 0 Å². The fourth-order valence-corrected chi connectivity index (χ4v) is 7.34. The second-order valence-corrected chi connectivity index (χ2v) is 12.1. The zero-order valence-electron chi connectivity index (χ0n) is 25.8. The van der Waals surface area contributed by atoms with Gasteiger partial charge in [-0.15, -0.1) is 0 Å². The monoisotopic (exact) mass is 613 g/mol. The molecule has 5 nitrogen and oxygen atoms in total. The Bertz CT molecular complexity index is 2830. The molecule has 0 atom stereocenters. The summed E-state index contributed by atoms with van der Waals surface area (Å²) >= 11 is 0. The molecule has 7 aromatic carbocycles. The average Bonchev–Trinajstić information content (AvgIpc) is 3.73. The summed E-state index contributed by atoms with van der Waals surface area (Å²) in [5.74, 6) is 1.57. The highest BCUT2D eigenvalue weighted by molar-refractivity contribution is 6.24. The van der Waals surface area contributed by atoms with Crippen LogP contribution in [0.25, 0.3) is 88.5 Å². The predicted molar refractivity (Wildman–Crippen MR) is 197 cm³/mol. The van der Waals surface area contributed by atoms with Gasteiger partial charge in [-0.25, -0.2) is 15.0 Å². The topological polar surface area (TPSA) is 48.5 Å². The number of aromatic nitrogens is 5. The molecule has 0 saturated heterocycles. The number of imidazole rings is 1. The molecule has 3 heterocycles. The van der Waals surface area contributed by atoms with Crippen LogP contribution in [0.5, 0.6) is 0 Å². The van der Waals surface area contributed by atoms with Crippen LogP contribution in [0.1, 0.15) is 0 Å². The van der Waals surface area contributed by atoms with Crippen molar-refractivity contribution in [3.05, 3.63) is 164 Å². The molecule has 0 aliphatic carbocycles. The first kappa shape index (κ1) is 26.6. The summed E-state index contributed by atoms with van der Waals surface area (Å²) in [6.45, 7) is 0. The first-order valence-corrected chi connectivity index (χ1v) is 16.1. The van der Waals surface area contributed by atoms with Gasteiger partial charge in [0.25, 0.3) is 0 Å². The largest absolute Gasteiger partial charge is 0.292 e. The van der Waals surface area contributed by atoms with Gasteiger partial charge in [-0.2, -0.15) is 0 Å². The van der Waals surface area contributed by atoms with Gasteiger partial charge in [-0.1, -0.05) is 115 Å². The molecular formula is C43H27N5. The minimum absolute atomic E-state index is 0.658. The molecular weight excluding hydrogens is 587 g/mol. The molecule has 0 aliphatic rings. The number of hydrogen-bond acceptors (Lipinski definition) is 3. The third-order valence-electron chi connectivity index (χ3n) is 9.43. The lowest BCUT2D eigenvalue weighted by Crippen LogP contribution is -1.99. The Kier molecular flexibility index (Phi) is 5.81. The Labute approximate surface area is 276 Å². The average molecular weight is 614 g/mol. The van der Waals surface area contributed by atoms with E-state index in [2.05, 4.69) is 165 Å². The molecule has 224 valence electrons. The summed E-state index contributed by atoms with van der Waals surface area (Å²) in [4.78, 5) is 14.7. The van der Waals surface area contributed by atoms with Gasteiger partial charge in [-0.05, 0) is 58.3 Å². The molecule has 0 fully saturated rings. The zero-order valence-corrected chi connectivity index (χ0v) is 25.8. The van der Waals surface area contributed by atoms with Crippen LogP contribution in [0.2, 0.25) is 0 Å². The number of benzene rings is 7. The zero-order chi connectivity index (χ0) is 31.6. The van der Waals surface area contributed by atoms with E-state index in [1.807, 2.05) is 6.07 Å². The summed E-state index contributed by atoms with van der Waals surface area (Å²) in [6, 6.07) is 53.6. The lowest BCUT2D eigenvalue weighted by molar-refractivity contribution is 0.988. The standard InChI is InChI=1S/C43H27N5/c1-2-14-31(15-3-1)47-41-37-20-7-5-17-33(37)32-16-4-6-19-36(32)40(41)46-42(47)30-13-10-12-28(26-30)29-22-23-35-34-18-8-9-21-38(34)48(39(35)27-29)43-44-24-11-25-45-43/h1-27H. The van der Waals surface area contributed by atoms with Crippen molar-refractivity contribution < 1.29 is 0 Å². The van der Waals surface area contributed by atoms with Crippen molar-refractivity contribution in [2.24, 2.45) is 0 Å². The van der Waals surface area contributed by atoms with Gasteiger partial charge in [0, 0.05) is 45.2 Å². The van der Waals surface area contributed by atoms with Gasteiger partial charge in [0.1, 0.15) is 5.82 Å². The quantitative estimate of drug-likeness (QED) is 0.186. The van der Waals surface area contributed by atoms with Gasteiger partial charge >= 0.3 is 0 Å². The van der Waals surface area contributed by atoms with Crippen LogP contribution < -0.4 is 0 Å². The van der Waals surface area contributed by atoms with Gasteiger partial charge in [-0.3, -0.25) is 9.13 Å².